The van der Waals surface area contributed by atoms with Gasteiger partial charge in [0.25, 0.3) is 5.56 Å². The lowest BCUT2D eigenvalue weighted by atomic mass is 10.1. The van der Waals surface area contributed by atoms with Crippen LogP contribution >= 0.6 is 0 Å². The molecule has 0 atom stereocenters. The smallest absolute Gasteiger partial charge is 0.267 e. The lowest BCUT2D eigenvalue weighted by Crippen LogP contribution is -2.06. The zero-order valence-corrected chi connectivity index (χ0v) is 7.77. The molecule has 0 fully saturated rings. The zero-order valence-electron chi connectivity index (χ0n) is 7.77. The Balaban J connectivity index is 2.54. The van der Waals surface area contributed by atoms with Crippen molar-refractivity contribution in [3.05, 3.63) is 40.7 Å². The molecule has 5 nitrogen and oxygen atoms in total. The molecular formula is C10H9N3O2. The van der Waals surface area contributed by atoms with E-state index in [0.29, 0.717) is 16.9 Å². The fourth-order valence-electron chi connectivity index (χ4n) is 1.25. The maximum atomic E-state index is 10.8. The first kappa shape index (κ1) is 9.26. The van der Waals surface area contributed by atoms with E-state index in [4.69, 9.17) is 5.73 Å². The van der Waals surface area contributed by atoms with E-state index in [-0.39, 0.29) is 5.75 Å². The number of nitrogens with zero attached hydrogens (tertiary/aromatic N) is 1. The summed E-state index contributed by atoms with van der Waals surface area (Å²) in [5, 5.41) is 15.5. The van der Waals surface area contributed by atoms with Crippen LogP contribution in [0.5, 0.6) is 5.75 Å². The number of aromatic hydroxyl groups is 1. The third-order valence-electron chi connectivity index (χ3n) is 1.97. The van der Waals surface area contributed by atoms with Crippen molar-refractivity contribution in [1.82, 2.24) is 10.2 Å². The van der Waals surface area contributed by atoms with Crippen LogP contribution in [0.15, 0.2) is 35.1 Å². The summed E-state index contributed by atoms with van der Waals surface area (Å²) in [5.74, 6) is -0.150. The van der Waals surface area contributed by atoms with Gasteiger partial charge in [-0.3, -0.25) is 4.79 Å². The van der Waals surface area contributed by atoms with Gasteiger partial charge in [0.1, 0.15) is 11.4 Å². The van der Waals surface area contributed by atoms with Gasteiger partial charge in [0.2, 0.25) is 0 Å². The second-order valence-corrected chi connectivity index (χ2v) is 3.09. The van der Waals surface area contributed by atoms with E-state index in [1.807, 2.05) is 0 Å². The number of nitrogen functional groups attached to an aromatic ring is 1. The number of aromatic amines is 1. The average molecular weight is 203 g/mol. The monoisotopic (exact) mass is 203 g/mol. The standard InChI is InChI=1S/C10H9N3O2/c11-7-3-1-6(2-4-7)10-8(14)5-9(15)12-13-10/h1-5H,11H2,(H2,12,14,15). The minimum Gasteiger partial charge on any atom is -0.505 e. The Hall–Kier alpha value is -2.30. The second-order valence-electron chi connectivity index (χ2n) is 3.09. The van der Waals surface area contributed by atoms with Crippen molar-refractivity contribution in [3.8, 4) is 17.0 Å². The summed E-state index contributed by atoms with van der Waals surface area (Å²) in [4.78, 5) is 10.8. The third kappa shape index (κ3) is 1.80. The van der Waals surface area contributed by atoms with E-state index in [2.05, 4.69) is 10.2 Å². The predicted molar refractivity (Wildman–Crippen MR) is 56.4 cm³/mol. The van der Waals surface area contributed by atoms with Gasteiger partial charge in [-0.25, -0.2) is 5.10 Å². The number of nitrogens with two attached hydrogens (primary N) is 1. The molecule has 0 aliphatic rings. The van der Waals surface area contributed by atoms with Crippen molar-refractivity contribution in [3.63, 3.8) is 0 Å². The molecule has 5 heteroatoms. The van der Waals surface area contributed by atoms with Crippen LogP contribution in [0, 0.1) is 0 Å². The molecule has 0 aliphatic heterocycles. The molecule has 0 radical (unpaired) electrons. The molecule has 0 bridgehead atoms. The summed E-state index contributed by atoms with van der Waals surface area (Å²) in [7, 11) is 0. The fraction of sp³-hybridized carbons (Fsp3) is 0. The summed E-state index contributed by atoms with van der Waals surface area (Å²) < 4.78 is 0. The number of nitrogens with one attached hydrogen (secondary N) is 1. The van der Waals surface area contributed by atoms with Crippen LogP contribution in [-0.4, -0.2) is 15.3 Å². The summed E-state index contributed by atoms with van der Waals surface area (Å²) in [6.07, 6.45) is 0. The Labute approximate surface area is 85.2 Å². The molecule has 1 aromatic carbocycles. The van der Waals surface area contributed by atoms with Crippen LogP contribution in [0.3, 0.4) is 0 Å². The normalized spacial score (nSPS) is 10.1. The number of anilines is 1. The first-order valence-electron chi connectivity index (χ1n) is 4.31. The van der Waals surface area contributed by atoms with Gasteiger partial charge >= 0.3 is 0 Å². The number of rotatable bonds is 1. The van der Waals surface area contributed by atoms with Gasteiger partial charge in [0.15, 0.2) is 0 Å². The topological polar surface area (TPSA) is 92.0 Å². The van der Waals surface area contributed by atoms with Crippen molar-refractivity contribution in [1.29, 1.82) is 0 Å². The first-order valence-corrected chi connectivity index (χ1v) is 4.31. The Morgan fingerprint density at radius 1 is 1.27 bits per heavy atom. The molecule has 2 rings (SSSR count). The number of aromatic nitrogens is 2. The van der Waals surface area contributed by atoms with Gasteiger partial charge in [-0.05, 0) is 12.1 Å². The lowest BCUT2D eigenvalue weighted by Gasteiger charge is -2.02. The molecule has 76 valence electrons. The molecule has 0 amide bonds. The molecule has 0 saturated carbocycles. The van der Waals surface area contributed by atoms with Gasteiger partial charge in [-0.15, -0.1) is 0 Å². The highest BCUT2D eigenvalue weighted by atomic mass is 16.3. The number of H-pyrrole nitrogens is 1. The number of hydrogen-bond acceptors (Lipinski definition) is 4. The van der Waals surface area contributed by atoms with Crippen molar-refractivity contribution >= 4 is 5.69 Å². The predicted octanol–water partition coefficient (Wildman–Crippen LogP) is 0.725. The van der Waals surface area contributed by atoms with Crippen LogP contribution in [0.1, 0.15) is 0 Å². The van der Waals surface area contributed by atoms with Crippen molar-refractivity contribution in [2.45, 2.75) is 0 Å². The number of benzene rings is 1. The van der Waals surface area contributed by atoms with E-state index in [1.54, 1.807) is 24.3 Å². The van der Waals surface area contributed by atoms with Crippen LogP contribution in [-0.2, 0) is 0 Å². The fourth-order valence-corrected chi connectivity index (χ4v) is 1.25. The van der Waals surface area contributed by atoms with E-state index in [0.717, 1.165) is 6.07 Å². The Kier molecular flexibility index (Phi) is 2.13. The molecule has 15 heavy (non-hydrogen) atoms. The summed E-state index contributed by atoms with van der Waals surface area (Å²) in [6, 6.07) is 7.91. The maximum Gasteiger partial charge on any atom is 0.267 e. The van der Waals surface area contributed by atoms with E-state index in [9.17, 15) is 9.90 Å². The molecule has 0 unspecified atom stereocenters. The van der Waals surface area contributed by atoms with Gasteiger partial charge in [-0.2, -0.15) is 5.10 Å². The second kappa shape index (κ2) is 3.45. The number of hydrogen-bond donors (Lipinski definition) is 3. The highest BCUT2D eigenvalue weighted by molar-refractivity contribution is 5.66. The molecule has 0 saturated heterocycles. The summed E-state index contributed by atoms with van der Waals surface area (Å²) >= 11 is 0. The molecule has 0 spiro atoms. The van der Waals surface area contributed by atoms with Gasteiger partial charge in [-0.1, -0.05) is 12.1 Å². The molecule has 4 N–H and O–H groups in total. The molecule has 2 aromatic rings. The van der Waals surface area contributed by atoms with E-state index >= 15 is 0 Å². The van der Waals surface area contributed by atoms with Crippen molar-refractivity contribution < 1.29 is 5.11 Å². The minimum atomic E-state index is -0.438. The highest BCUT2D eigenvalue weighted by Crippen LogP contribution is 2.24. The van der Waals surface area contributed by atoms with Crippen LogP contribution in [0.4, 0.5) is 5.69 Å². The largest absolute Gasteiger partial charge is 0.505 e. The highest BCUT2D eigenvalue weighted by Gasteiger charge is 2.05. The summed E-state index contributed by atoms with van der Waals surface area (Å²) in [5.41, 5.74) is 6.74. The molecule has 1 aromatic heterocycles. The average Bonchev–Trinajstić information content (AvgIpc) is 2.20. The van der Waals surface area contributed by atoms with Crippen LogP contribution < -0.4 is 11.3 Å². The van der Waals surface area contributed by atoms with E-state index in [1.165, 1.54) is 0 Å². The summed E-state index contributed by atoms with van der Waals surface area (Å²) in [6.45, 7) is 0. The van der Waals surface area contributed by atoms with Crippen molar-refractivity contribution in [2.24, 2.45) is 0 Å². The van der Waals surface area contributed by atoms with Gasteiger partial charge < -0.3 is 10.8 Å². The van der Waals surface area contributed by atoms with Crippen LogP contribution in [0.2, 0.25) is 0 Å². The lowest BCUT2D eigenvalue weighted by molar-refractivity contribution is 0.472. The Morgan fingerprint density at radius 2 is 1.93 bits per heavy atom. The molecule has 0 aliphatic carbocycles. The van der Waals surface area contributed by atoms with Gasteiger partial charge in [0, 0.05) is 17.3 Å². The zero-order chi connectivity index (χ0) is 10.8. The molecular weight excluding hydrogens is 194 g/mol. The maximum absolute atomic E-state index is 10.8. The molecule has 1 heterocycles. The minimum absolute atomic E-state index is 0.150. The Bertz CT molecular complexity index is 531. The van der Waals surface area contributed by atoms with E-state index < -0.39 is 5.56 Å². The first-order chi connectivity index (χ1) is 7.16. The quantitative estimate of drug-likeness (QED) is 0.595. The third-order valence-corrected chi connectivity index (χ3v) is 1.97. The van der Waals surface area contributed by atoms with Crippen molar-refractivity contribution in [2.75, 3.05) is 5.73 Å². The SMILES string of the molecule is Nc1ccc(-c2n[nH]c(=O)cc2O)cc1. The van der Waals surface area contributed by atoms with Gasteiger partial charge in [0.05, 0.1) is 0 Å². The Morgan fingerprint density at radius 3 is 2.53 bits per heavy atom. The van der Waals surface area contributed by atoms with Crippen LogP contribution in [0.25, 0.3) is 11.3 Å².